The van der Waals surface area contributed by atoms with Crippen LogP contribution in [0.3, 0.4) is 0 Å². The molecule has 8 nitrogen and oxygen atoms in total. The lowest BCUT2D eigenvalue weighted by atomic mass is 9.51. The highest BCUT2D eigenvalue weighted by atomic mass is 16.3. The molecule has 0 spiro atoms. The number of allylic oxidation sites excluding steroid dienone is 4. The maximum absolute atomic E-state index is 13.5. The number of nitrogens with zero attached hydrogens (tertiary/aromatic N) is 3. The van der Waals surface area contributed by atoms with Crippen LogP contribution < -0.4 is 11.4 Å². The number of phenols is 1. The molecule has 160 valence electrons. The van der Waals surface area contributed by atoms with E-state index in [1.807, 2.05) is 13.0 Å². The predicted octanol–water partition coefficient (Wildman–Crippen LogP) is 1.44. The minimum Gasteiger partial charge on any atom is -0.508 e. The Morgan fingerprint density at radius 1 is 1.06 bits per heavy atom. The number of rotatable bonds is 1. The topological polar surface area (TPSA) is 103 Å². The summed E-state index contributed by atoms with van der Waals surface area (Å²) in [7, 11) is 1.44. The zero-order chi connectivity index (χ0) is 22.2. The molecular weight excluding hydrogens is 398 g/mol. The van der Waals surface area contributed by atoms with Gasteiger partial charge in [0.15, 0.2) is 11.6 Å². The monoisotopic (exact) mass is 421 g/mol. The zero-order valence-electron chi connectivity index (χ0n) is 17.5. The summed E-state index contributed by atoms with van der Waals surface area (Å²) in [6.07, 6.45) is 3.59. The van der Waals surface area contributed by atoms with Crippen LogP contribution in [0.1, 0.15) is 37.8 Å². The fourth-order valence-corrected chi connectivity index (χ4v) is 5.81. The number of carbonyl (C=O) groups is 2. The van der Waals surface area contributed by atoms with E-state index in [1.165, 1.54) is 22.5 Å². The molecule has 0 radical (unpaired) electrons. The molecule has 1 aromatic heterocycles. The van der Waals surface area contributed by atoms with Crippen molar-refractivity contribution in [1.82, 2.24) is 13.9 Å². The second-order valence-electron chi connectivity index (χ2n) is 8.93. The van der Waals surface area contributed by atoms with Gasteiger partial charge < -0.3 is 5.11 Å². The maximum Gasteiger partial charge on any atom is 0.347 e. The Bertz CT molecular complexity index is 1320. The van der Waals surface area contributed by atoms with Crippen LogP contribution in [0, 0.1) is 11.3 Å². The van der Waals surface area contributed by atoms with Gasteiger partial charge in [-0.05, 0) is 48.3 Å². The van der Waals surface area contributed by atoms with Crippen molar-refractivity contribution in [3.8, 4) is 5.75 Å². The van der Waals surface area contributed by atoms with Crippen LogP contribution >= 0.6 is 0 Å². The normalized spacial score (nSPS) is 29.6. The van der Waals surface area contributed by atoms with Crippen molar-refractivity contribution >= 4 is 11.6 Å². The maximum atomic E-state index is 13.5. The number of hydrogen-bond donors (Lipinski definition) is 1. The van der Waals surface area contributed by atoms with Crippen LogP contribution in [0.25, 0.3) is 0 Å². The highest BCUT2D eigenvalue weighted by Gasteiger charge is 2.59. The van der Waals surface area contributed by atoms with Crippen molar-refractivity contribution in [2.24, 2.45) is 18.4 Å². The average molecular weight is 421 g/mol. The Balaban J connectivity index is 1.79. The average Bonchev–Trinajstić information content (AvgIpc) is 2.96. The number of carbonyl (C=O) groups excluding carboxylic acids is 2. The van der Waals surface area contributed by atoms with E-state index in [2.05, 4.69) is 0 Å². The Labute approximate surface area is 177 Å². The van der Waals surface area contributed by atoms with Gasteiger partial charge in [0.25, 0.3) is 0 Å². The molecule has 0 bridgehead atoms. The summed E-state index contributed by atoms with van der Waals surface area (Å²) >= 11 is 0. The Morgan fingerprint density at radius 2 is 1.74 bits per heavy atom. The van der Waals surface area contributed by atoms with Crippen molar-refractivity contribution in [1.29, 1.82) is 0 Å². The smallest absolute Gasteiger partial charge is 0.347 e. The Kier molecular flexibility index (Phi) is 3.96. The number of hydrogen-bond acceptors (Lipinski definition) is 5. The van der Waals surface area contributed by atoms with E-state index in [0.29, 0.717) is 5.57 Å². The number of fused-ring (bicyclic) bond motifs is 4. The lowest BCUT2D eigenvalue weighted by Gasteiger charge is -2.52. The van der Waals surface area contributed by atoms with E-state index in [1.54, 1.807) is 31.2 Å². The fraction of sp³-hybridized carbons (Fsp3) is 0.391. The molecule has 4 atom stereocenters. The summed E-state index contributed by atoms with van der Waals surface area (Å²) < 4.78 is 3.90. The molecule has 8 heteroatoms. The summed E-state index contributed by atoms with van der Waals surface area (Å²) in [4.78, 5) is 52.0. The zero-order valence-corrected chi connectivity index (χ0v) is 17.5. The minimum absolute atomic E-state index is 0.0853. The molecule has 0 amide bonds. The van der Waals surface area contributed by atoms with Gasteiger partial charge in [-0.2, -0.15) is 0 Å². The first-order chi connectivity index (χ1) is 14.7. The van der Waals surface area contributed by atoms with Crippen molar-refractivity contribution in [3.05, 3.63) is 74.1 Å². The number of aromatic hydroxyl groups is 1. The highest BCUT2D eigenvalue weighted by molar-refractivity contribution is 6.13. The van der Waals surface area contributed by atoms with Crippen LogP contribution in [0.4, 0.5) is 0 Å². The SMILES string of the molecule is CC1=CC(=O)[C@@H]2C[C@@H]3C(=CCn4c(=O)n(C)c(=O)n43)[C@H](c3ccc(O)cc3)[C@]2(C)C1=O. The van der Waals surface area contributed by atoms with Gasteiger partial charge in [-0.25, -0.2) is 23.5 Å². The molecule has 1 fully saturated rings. The van der Waals surface area contributed by atoms with Crippen molar-refractivity contribution in [2.75, 3.05) is 0 Å². The quantitative estimate of drug-likeness (QED) is 0.702. The molecule has 2 aliphatic carbocycles. The third-order valence-corrected chi connectivity index (χ3v) is 7.32. The van der Waals surface area contributed by atoms with E-state index < -0.39 is 34.7 Å². The van der Waals surface area contributed by atoms with Crippen LogP contribution in [0.2, 0.25) is 0 Å². The van der Waals surface area contributed by atoms with Crippen molar-refractivity contribution in [2.45, 2.75) is 38.8 Å². The first-order valence-corrected chi connectivity index (χ1v) is 10.3. The summed E-state index contributed by atoms with van der Waals surface area (Å²) in [5, 5.41) is 9.79. The number of phenolic OH excluding ortho intramolecular Hbond substituents is 1. The fourth-order valence-electron chi connectivity index (χ4n) is 5.81. The molecule has 1 aliphatic heterocycles. The van der Waals surface area contributed by atoms with E-state index in [0.717, 1.165) is 15.7 Å². The molecule has 1 saturated carbocycles. The summed E-state index contributed by atoms with van der Waals surface area (Å²) in [6, 6.07) is 6.13. The largest absolute Gasteiger partial charge is 0.508 e. The summed E-state index contributed by atoms with van der Waals surface area (Å²) in [5.74, 6) is -1.21. The molecule has 31 heavy (non-hydrogen) atoms. The Morgan fingerprint density at radius 3 is 2.42 bits per heavy atom. The van der Waals surface area contributed by atoms with Crippen LogP contribution in [0.5, 0.6) is 5.75 Å². The van der Waals surface area contributed by atoms with E-state index in [-0.39, 0.29) is 30.3 Å². The van der Waals surface area contributed by atoms with Gasteiger partial charge in [-0.3, -0.25) is 9.59 Å². The minimum atomic E-state index is -1.02. The van der Waals surface area contributed by atoms with Crippen LogP contribution in [0.15, 0.2) is 57.2 Å². The number of ketones is 2. The first kappa shape index (κ1) is 19.5. The van der Waals surface area contributed by atoms with Crippen LogP contribution in [-0.2, 0) is 23.2 Å². The molecule has 2 heterocycles. The van der Waals surface area contributed by atoms with E-state index in [4.69, 9.17) is 0 Å². The Hall–Kier alpha value is -3.42. The van der Waals surface area contributed by atoms with Gasteiger partial charge >= 0.3 is 11.4 Å². The van der Waals surface area contributed by atoms with Gasteiger partial charge in [0.2, 0.25) is 0 Å². The molecule has 0 saturated heterocycles. The molecule has 1 N–H and O–H groups in total. The van der Waals surface area contributed by atoms with Gasteiger partial charge in [0.1, 0.15) is 5.75 Å². The van der Waals surface area contributed by atoms with Crippen molar-refractivity contribution in [3.63, 3.8) is 0 Å². The third kappa shape index (κ3) is 2.41. The van der Waals surface area contributed by atoms with Gasteiger partial charge in [-0.1, -0.05) is 25.1 Å². The first-order valence-electron chi connectivity index (χ1n) is 10.3. The molecule has 5 rings (SSSR count). The van der Waals surface area contributed by atoms with Gasteiger partial charge in [0, 0.05) is 18.9 Å². The predicted molar refractivity (Wildman–Crippen MR) is 112 cm³/mol. The number of benzene rings is 1. The number of Topliss-reactive ketones (excluding diaryl/α,β-unsaturated/α-hetero) is 1. The third-order valence-electron chi connectivity index (χ3n) is 7.32. The molecule has 3 aliphatic rings. The molecular formula is C23H23N3O5. The molecule has 1 aromatic carbocycles. The summed E-state index contributed by atoms with van der Waals surface area (Å²) in [5.41, 5.74) is 0.211. The van der Waals surface area contributed by atoms with E-state index in [9.17, 15) is 24.3 Å². The van der Waals surface area contributed by atoms with Gasteiger partial charge in [-0.15, -0.1) is 0 Å². The van der Waals surface area contributed by atoms with Gasteiger partial charge in [0.05, 0.1) is 18.0 Å². The second kappa shape index (κ2) is 6.29. The standard InChI is InChI=1S/C23H23N3O5/c1-12-10-18(28)16-11-17-15(8-9-25-21(30)24(3)22(31)26(17)25)19(23(16,2)20(12)29)13-4-6-14(27)7-5-13/h4-8,10,16-17,19,27H,9,11H2,1-3H3/t16-,17+,19-,23+/m0/s1. The van der Waals surface area contributed by atoms with Crippen molar-refractivity contribution < 1.29 is 14.7 Å². The second-order valence-corrected chi connectivity index (χ2v) is 8.93. The van der Waals surface area contributed by atoms with E-state index >= 15 is 0 Å². The molecule has 0 unspecified atom stereocenters. The highest BCUT2D eigenvalue weighted by Crippen LogP contribution is 2.59. The lowest BCUT2D eigenvalue weighted by molar-refractivity contribution is -0.139. The number of aromatic nitrogens is 3. The van der Waals surface area contributed by atoms with Crippen LogP contribution in [-0.4, -0.2) is 30.6 Å². The summed E-state index contributed by atoms with van der Waals surface area (Å²) in [6.45, 7) is 3.71. The lowest BCUT2D eigenvalue weighted by Crippen LogP contribution is -2.54. The molecule has 2 aromatic rings.